The van der Waals surface area contributed by atoms with Crippen LogP contribution in [0.2, 0.25) is 0 Å². The van der Waals surface area contributed by atoms with Crippen molar-refractivity contribution in [3.8, 4) is 0 Å². The number of rotatable bonds is 1. The van der Waals surface area contributed by atoms with E-state index in [9.17, 15) is 0 Å². The first-order valence-electron chi connectivity index (χ1n) is 1.67. The molecule has 8 heavy (non-hydrogen) atoms. The van der Waals surface area contributed by atoms with E-state index in [1.807, 2.05) is 0 Å². The van der Waals surface area contributed by atoms with Gasteiger partial charge in [0.15, 0.2) is 0 Å². The second kappa shape index (κ2) is 4.28. The normalized spacial score (nSPS) is 9.88. The molecule has 0 aliphatic carbocycles. The maximum absolute atomic E-state index is 6.83. The topological polar surface area (TPSA) is 49.9 Å². The van der Waals surface area contributed by atoms with Gasteiger partial charge in [-0.05, 0) is 6.92 Å². The van der Waals surface area contributed by atoms with Crippen LogP contribution in [-0.4, -0.2) is 38.6 Å². The van der Waals surface area contributed by atoms with E-state index < -0.39 is 3.23 Å². The summed E-state index contributed by atoms with van der Waals surface area (Å²) in [7, 11) is 0. The number of nitrogens with one attached hydrogen (secondary N) is 1. The average molecular weight is 253 g/mol. The van der Waals surface area contributed by atoms with E-state index in [2.05, 4.69) is 31.9 Å². The van der Waals surface area contributed by atoms with Crippen LogP contribution in [0.5, 0.6) is 0 Å². The molecule has 0 aromatic rings. The molecule has 0 aliphatic rings. The predicted octanol–water partition coefficient (Wildman–Crippen LogP) is 1.05. The third-order valence-electron chi connectivity index (χ3n) is 0.473. The van der Waals surface area contributed by atoms with E-state index in [1.54, 1.807) is 6.92 Å². The van der Waals surface area contributed by atoms with Crippen LogP contribution >= 0.6 is 31.9 Å². The van der Waals surface area contributed by atoms with Gasteiger partial charge >= 0.3 is 0 Å². The molecule has 43 valence electrons. The smallest absolute Gasteiger partial charge is 0.134 e. The van der Waals surface area contributed by atoms with Gasteiger partial charge in [0.1, 0.15) is 9.07 Å². The molecule has 0 amide bonds. The van der Waals surface area contributed by atoms with E-state index in [0.717, 1.165) is 0 Å². The molecule has 0 atom stereocenters. The molecule has 1 radical (unpaired) electrons. The van der Waals surface area contributed by atoms with E-state index in [-0.39, 0.29) is 35.4 Å². The maximum Gasteiger partial charge on any atom is 0.134 e. The number of hydrogen-bond acceptors (Lipinski definition) is 1. The minimum atomic E-state index is -0.514. The number of nitrogens with two attached hydrogens (primary N) is 1. The Kier molecular flexibility index (Phi) is 6.49. The molecular formula is C3H6Br2N2Na. The van der Waals surface area contributed by atoms with Crippen LogP contribution in [0.25, 0.3) is 0 Å². The molecule has 0 heterocycles. The molecule has 0 aromatic heterocycles. The number of alkyl halides is 2. The van der Waals surface area contributed by atoms with Gasteiger partial charge in [-0.2, -0.15) is 0 Å². The molecule has 3 N–H and O–H groups in total. The zero-order valence-electron chi connectivity index (χ0n) is 4.83. The summed E-state index contributed by atoms with van der Waals surface area (Å²) in [6.07, 6.45) is 0. The second-order valence-corrected chi connectivity index (χ2v) is 5.54. The molecule has 0 spiro atoms. The van der Waals surface area contributed by atoms with Crippen molar-refractivity contribution in [2.45, 2.75) is 10.2 Å². The Morgan fingerprint density at radius 1 is 1.62 bits per heavy atom. The summed E-state index contributed by atoms with van der Waals surface area (Å²) in [5, 5.41) is 6.83. The Hall–Kier alpha value is 1.43. The molecular weight excluding hydrogens is 247 g/mol. The number of halogens is 2. The van der Waals surface area contributed by atoms with Crippen LogP contribution in [-0.2, 0) is 0 Å². The Morgan fingerprint density at radius 3 is 1.75 bits per heavy atom. The molecule has 0 bridgehead atoms. The number of amidine groups is 1. The first-order valence-corrected chi connectivity index (χ1v) is 3.25. The molecule has 0 saturated carbocycles. The van der Waals surface area contributed by atoms with Crippen LogP contribution in [0.1, 0.15) is 6.92 Å². The molecule has 2 nitrogen and oxygen atoms in total. The summed E-state index contributed by atoms with van der Waals surface area (Å²) in [5.41, 5.74) is 5.06. The summed E-state index contributed by atoms with van der Waals surface area (Å²) in [5.74, 6) is 0.0764. The molecule has 0 rings (SSSR count). The van der Waals surface area contributed by atoms with Crippen molar-refractivity contribution in [2.75, 3.05) is 0 Å². The largest absolute Gasteiger partial charge is 0.386 e. The third-order valence-corrected chi connectivity index (χ3v) is 1.33. The summed E-state index contributed by atoms with van der Waals surface area (Å²) in [4.78, 5) is 0. The quantitative estimate of drug-likeness (QED) is 0.312. The van der Waals surface area contributed by atoms with Crippen LogP contribution < -0.4 is 5.73 Å². The van der Waals surface area contributed by atoms with E-state index in [4.69, 9.17) is 11.1 Å². The van der Waals surface area contributed by atoms with Crippen molar-refractivity contribution in [3.05, 3.63) is 0 Å². The van der Waals surface area contributed by atoms with E-state index in [1.165, 1.54) is 0 Å². The Morgan fingerprint density at radius 2 is 1.75 bits per heavy atom. The minimum absolute atomic E-state index is 0. The van der Waals surface area contributed by atoms with Gasteiger partial charge in [-0.3, -0.25) is 5.41 Å². The average Bonchev–Trinajstić information content (AvgIpc) is 1.31. The minimum Gasteiger partial charge on any atom is -0.386 e. The fourth-order valence-corrected chi connectivity index (χ4v) is 0. The van der Waals surface area contributed by atoms with Gasteiger partial charge < -0.3 is 5.73 Å². The zero-order chi connectivity index (χ0) is 6.08. The van der Waals surface area contributed by atoms with Crippen molar-refractivity contribution in [1.29, 1.82) is 5.41 Å². The van der Waals surface area contributed by atoms with Gasteiger partial charge in [0.2, 0.25) is 0 Å². The first kappa shape index (κ1) is 12.1. The second-order valence-electron chi connectivity index (χ2n) is 1.30. The summed E-state index contributed by atoms with van der Waals surface area (Å²) in [6, 6.07) is 0. The van der Waals surface area contributed by atoms with E-state index in [0.29, 0.717) is 0 Å². The summed E-state index contributed by atoms with van der Waals surface area (Å²) >= 11 is 6.22. The van der Waals surface area contributed by atoms with Gasteiger partial charge in [-0.15, -0.1) is 0 Å². The molecule has 0 unspecified atom stereocenters. The molecule has 5 heteroatoms. The fraction of sp³-hybridized carbons (Fsp3) is 0.667. The molecule has 0 aliphatic heterocycles. The zero-order valence-corrected chi connectivity index (χ0v) is 10.0. The SMILES string of the molecule is CC(Br)(Br)C(=N)N.[Na]. The van der Waals surface area contributed by atoms with Crippen LogP contribution in [0, 0.1) is 5.41 Å². The van der Waals surface area contributed by atoms with Crippen molar-refractivity contribution < 1.29 is 0 Å². The Labute approximate surface area is 87.6 Å². The first-order chi connectivity index (χ1) is 2.94. The number of hydrogen-bond donors (Lipinski definition) is 2. The van der Waals surface area contributed by atoms with Crippen molar-refractivity contribution in [2.24, 2.45) is 5.73 Å². The van der Waals surface area contributed by atoms with Crippen LogP contribution in [0.15, 0.2) is 0 Å². The maximum atomic E-state index is 6.83. The van der Waals surface area contributed by atoms with Crippen molar-refractivity contribution >= 4 is 67.3 Å². The fourth-order valence-electron chi connectivity index (χ4n) is 0. The summed E-state index contributed by atoms with van der Waals surface area (Å²) in [6.45, 7) is 1.75. The van der Waals surface area contributed by atoms with E-state index >= 15 is 0 Å². The van der Waals surface area contributed by atoms with Crippen molar-refractivity contribution in [1.82, 2.24) is 0 Å². The Bertz CT molecular complexity index is 87.8. The van der Waals surface area contributed by atoms with Gasteiger partial charge in [-0.1, -0.05) is 31.9 Å². The molecule has 0 fully saturated rings. The van der Waals surface area contributed by atoms with Crippen LogP contribution in [0.3, 0.4) is 0 Å². The van der Waals surface area contributed by atoms with Gasteiger partial charge in [0.05, 0.1) is 0 Å². The summed E-state index contributed by atoms with van der Waals surface area (Å²) < 4.78 is -0.514. The molecule has 0 aromatic carbocycles. The third kappa shape index (κ3) is 5.56. The standard InChI is InChI=1S/C3H6Br2N2.Na/c1-3(4,5)2(6)7;/h1H3,(H3,6,7);. The predicted molar refractivity (Wildman–Crippen MR) is 43.9 cm³/mol. The van der Waals surface area contributed by atoms with Gasteiger partial charge in [0, 0.05) is 29.6 Å². The van der Waals surface area contributed by atoms with Gasteiger partial charge in [0.25, 0.3) is 0 Å². The Balaban J connectivity index is 0. The molecule has 0 saturated heterocycles. The monoisotopic (exact) mass is 251 g/mol. The van der Waals surface area contributed by atoms with Crippen molar-refractivity contribution in [3.63, 3.8) is 0 Å². The van der Waals surface area contributed by atoms with Gasteiger partial charge in [-0.25, -0.2) is 0 Å². The van der Waals surface area contributed by atoms with Crippen LogP contribution in [0.4, 0.5) is 0 Å².